The van der Waals surface area contributed by atoms with Gasteiger partial charge in [0.15, 0.2) is 17.5 Å². The van der Waals surface area contributed by atoms with E-state index < -0.39 is 24.7 Å². The van der Waals surface area contributed by atoms with Crippen molar-refractivity contribution < 1.29 is 29.3 Å². The van der Waals surface area contributed by atoms with Crippen LogP contribution in [0.25, 0.3) is 0 Å². The van der Waals surface area contributed by atoms with E-state index in [0.717, 1.165) is 25.7 Å². The Bertz CT molecular complexity index is 810. The van der Waals surface area contributed by atoms with Gasteiger partial charge in [0.25, 0.3) is 0 Å². The van der Waals surface area contributed by atoms with Crippen molar-refractivity contribution in [3.05, 3.63) is 23.8 Å². The number of nitrogens with one attached hydrogen (secondary N) is 2. The van der Waals surface area contributed by atoms with Crippen molar-refractivity contribution >= 4 is 17.8 Å². The Balaban J connectivity index is 2.03. The Kier molecular flexibility index (Phi) is 10.9. The van der Waals surface area contributed by atoms with E-state index in [2.05, 4.69) is 15.6 Å². The lowest BCUT2D eigenvalue weighted by Crippen LogP contribution is -2.43. The van der Waals surface area contributed by atoms with Crippen molar-refractivity contribution in [2.24, 2.45) is 16.6 Å². The smallest absolute Gasteiger partial charge is 0.245 e. The third kappa shape index (κ3) is 8.89. The maximum absolute atomic E-state index is 12.7. The number of amides is 2. The van der Waals surface area contributed by atoms with Gasteiger partial charge >= 0.3 is 0 Å². The summed E-state index contributed by atoms with van der Waals surface area (Å²) in [4.78, 5) is 29.4. The number of rotatable bonds is 11. The topological polar surface area (TPSA) is 156 Å². The van der Waals surface area contributed by atoms with Gasteiger partial charge in [0.05, 0.1) is 33.4 Å². The van der Waals surface area contributed by atoms with Crippen LogP contribution in [0.1, 0.15) is 44.1 Å². The molecule has 2 atom stereocenters. The number of aliphatic hydroxyl groups excluding tert-OH is 2. The largest absolute Gasteiger partial charge is 0.493 e. The van der Waals surface area contributed by atoms with Gasteiger partial charge < -0.3 is 30.7 Å². The number of nitrogens with zero attached hydrogens (tertiary/aromatic N) is 1. The summed E-state index contributed by atoms with van der Waals surface area (Å²) in [6, 6.07) is 4.38. The Labute approximate surface area is 194 Å². The maximum atomic E-state index is 12.7. The molecule has 1 aromatic rings. The number of nitrogens with two attached hydrogens (primary N) is 1. The molecule has 33 heavy (non-hydrogen) atoms. The summed E-state index contributed by atoms with van der Waals surface area (Å²) in [5, 5.41) is 23.6. The molecule has 184 valence electrons. The summed E-state index contributed by atoms with van der Waals surface area (Å²) in [5.41, 5.74) is 6.66. The van der Waals surface area contributed by atoms with Gasteiger partial charge in [-0.3, -0.25) is 14.9 Å². The van der Waals surface area contributed by atoms with Crippen LogP contribution < -0.4 is 25.8 Å². The molecule has 0 bridgehead atoms. The first-order chi connectivity index (χ1) is 15.9. The zero-order chi connectivity index (χ0) is 24.2. The Morgan fingerprint density at radius 3 is 2.52 bits per heavy atom. The SMILES string of the molecule is COc1ccc(CC(=O)NC(N)=N[C@H](CC2CCCCC2)C(=O)NC[C@@H](O)CO)cc1OC. The van der Waals surface area contributed by atoms with Gasteiger partial charge in [-0.05, 0) is 30.0 Å². The molecule has 0 aliphatic heterocycles. The Morgan fingerprint density at radius 1 is 1.18 bits per heavy atom. The predicted molar refractivity (Wildman–Crippen MR) is 124 cm³/mol. The minimum Gasteiger partial charge on any atom is -0.493 e. The highest BCUT2D eigenvalue weighted by molar-refractivity contribution is 5.98. The van der Waals surface area contributed by atoms with Gasteiger partial charge in [-0.2, -0.15) is 0 Å². The lowest BCUT2D eigenvalue weighted by atomic mass is 9.85. The highest BCUT2D eigenvalue weighted by atomic mass is 16.5. The van der Waals surface area contributed by atoms with E-state index in [1.54, 1.807) is 18.2 Å². The molecule has 10 heteroatoms. The molecule has 6 N–H and O–H groups in total. The van der Waals surface area contributed by atoms with Crippen LogP contribution in [0.4, 0.5) is 0 Å². The lowest BCUT2D eigenvalue weighted by Gasteiger charge is -2.24. The number of carbonyl (C=O) groups is 2. The van der Waals surface area contributed by atoms with Crippen LogP contribution in [-0.4, -0.2) is 67.5 Å². The summed E-state index contributed by atoms with van der Waals surface area (Å²) in [6.45, 7) is -0.539. The second kappa shape index (κ2) is 13.6. The fraction of sp³-hybridized carbons (Fsp3) is 0.609. The molecule has 10 nitrogen and oxygen atoms in total. The summed E-state index contributed by atoms with van der Waals surface area (Å²) >= 11 is 0. The highest BCUT2D eigenvalue weighted by Gasteiger charge is 2.25. The monoisotopic (exact) mass is 464 g/mol. The number of hydrogen-bond donors (Lipinski definition) is 5. The van der Waals surface area contributed by atoms with Crippen molar-refractivity contribution in [2.75, 3.05) is 27.4 Å². The minimum atomic E-state index is -1.05. The molecule has 0 heterocycles. The van der Waals surface area contributed by atoms with E-state index in [9.17, 15) is 14.7 Å². The van der Waals surface area contributed by atoms with Crippen molar-refractivity contribution in [1.82, 2.24) is 10.6 Å². The van der Waals surface area contributed by atoms with Crippen LogP contribution in [0.5, 0.6) is 11.5 Å². The van der Waals surface area contributed by atoms with Gasteiger partial charge in [0.1, 0.15) is 6.04 Å². The number of carbonyl (C=O) groups excluding carboxylic acids is 2. The number of ether oxygens (including phenoxy) is 2. The number of guanidine groups is 1. The highest BCUT2D eigenvalue weighted by Crippen LogP contribution is 2.29. The van der Waals surface area contributed by atoms with E-state index >= 15 is 0 Å². The molecular formula is C23H36N4O6. The minimum absolute atomic E-state index is 0.0404. The van der Waals surface area contributed by atoms with Crippen LogP contribution in [-0.2, 0) is 16.0 Å². The fourth-order valence-corrected chi connectivity index (χ4v) is 3.92. The van der Waals surface area contributed by atoms with Crippen LogP contribution >= 0.6 is 0 Å². The first kappa shape index (κ1) is 26.4. The van der Waals surface area contributed by atoms with Crippen LogP contribution in [0.2, 0.25) is 0 Å². The van der Waals surface area contributed by atoms with Crippen molar-refractivity contribution in [2.45, 2.75) is 57.1 Å². The van der Waals surface area contributed by atoms with Gasteiger partial charge in [0.2, 0.25) is 11.8 Å². The predicted octanol–water partition coefficient (Wildman–Crippen LogP) is 0.486. The number of aliphatic hydroxyl groups is 2. The molecule has 0 spiro atoms. The maximum Gasteiger partial charge on any atom is 0.245 e. The van der Waals surface area contributed by atoms with Crippen LogP contribution in [0.15, 0.2) is 23.2 Å². The van der Waals surface area contributed by atoms with Crippen LogP contribution in [0.3, 0.4) is 0 Å². The molecule has 2 amide bonds. The van der Waals surface area contributed by atoms with E-state index in [1.807, 2.05) is 0 Å². The molecular weight excluding hydrogens is 428 g/mol. The molecule has 0 saturated heterocycles. The quantitative estimate of drug-likeness (QED) is 0.236. The third-order valence-electron chi connectivity index (χ3n) is 5.68. The van der Waals surface area contributed by atoms with Gasteiger partial charge in [-0.1, -0.05) is 38.2 Å². The standard InChI is InChI=1S/C23H36N4O6/c1-32-19-9-8-16(11-20(19)33-2)12-21(30)27-23(24)26-18(10-15-6-4-3-5-7-15)22(31)25-13-17(29)14-28/h8-9,11,15,17-18,28-29H,3-7,10,12-14H2,1-2H3,(H,25,31)(H3,24,26,27,30)/t17-,18-/m1/s1. The molecule has 1 aliphatic rings. The Hall–Kier alpha value is -2.85. The average Bonchev–Trinajstić information content (AvgIpc) is 2.82. The molecule has 0 unspecified atom stereocenters. The molecule has 0 aromatic heterocycles. The second-order valence-electron chi connectivity index (χ2n) is 8.27. The zero-order valence-electron chi connectivity index (χ0n) is 19.4. The second-order valence-corrected chi connectivity index (χ2v) is 8.27. The number of aliphatic imine (C=N–C) groups is 1. The number of hydrogen-bond acceptors (Lipinski definition) is 7. The molecule has 1 aliphatic carbocycles. The molecule has 0 radical (unpaired) electrons. The number of benzene rings is 1. The number of methoxy groups -OCH3 is 2. The van der Waals surface area contributed by atoms with E-state index in [1.165, 1.54) is 20.6 Å². The molecule has 1 aromatic carbocycles. The molecule has 1 saturated carbocycles. The molecule has 2 rings (SSSR count). The van der Waals surface area contributed by atoms with E-state index in [4.69, 9.17) is 20.3 Å². The third-order valence-corrected chi connectivity index (χ3v) is 5.68. The van der Waals surface area contributed by atoms with Gasteiger partial charge in [-0.25, -0.2) is 4.99 Å². The summed E-state index contributed by atoms with van der Waals surface area (Å²) < 4.78 is 10.5. The normalized spacial score (nSPS) is 16.5. The van der Waals surface area contributed by atoms with E-state index in [0.29, 0.717) is 29.4 Å². The molecule has 1 fully saturated rings. The summed E-state index contributed by atoms with van der Waals surface area (Å²) in [6.07, 6.45) is 4.95. The van der Waals surface area contributed by atoms with E-state index in [-0.39, 0.29) is 24.8 Å². The van der Waals surface area contributed by atoms with Crippen LogP contribution in [0, 0.1) is 5.92 Å². The Morgan fingerprint density at radius 2 is 1.88 bits per heavy atom. The summed E-state index contributed by atoms with van der Waals surface area (Å²) in [5.74, 6) is 0.501. The average molecular weight is 465 g/mol. The van der Waals surface area contributed by atoms with Gasteiger partial charge in [0, 0.05) is 6.54 Å². The lowest BCUT2D eigenvalue weighted by molar-refractivity contribution is -0.123. The zero-order valence-corrected chi connectivity index (χ0v) is 19.4. The van der Waals surface area contributed by atoms with Gasteiger partial charge in [-0.15, -0.1) is 0 Å². The first-order valence-electron chi connectivity index (χ1n) is 11.3. The van der Waals surface area contributed by atoms with Crippen molar-refractivity contribution in [3.8, 4) is 11.5 Å². The fourth-order valence-electron chi connectivity index (χ4n) is 3.92. The van der Waals surface area contributed by atoms with Crippen molar-refractivity contribution in [1.29, 1.82) is 0 Å². The summed E-state index contributed by atoms with van der Waals surface area (Å²) in [7, 11) is 3.05. The first-order valence-corrected chi connectivity index (χ1v) is 11.3. The van der Waals surface area contributed by atoms with Crippen molar-refractivity contribution in [3.63, 3.8) is 0 Å².